The second kappa shape index (κ2) is 6.90. The van der Waals surface area contributed by atoms with Crippen LogP contribution in [0.5, 0.6) is 17.2 Å². The smallest absolute Gasteiger partial charge is 0.244 e. The number of ether oxygens (including phenoxy) is 1. The lowest BCUT2D eigenvalue weighted by atomic mass is 10.0. The predicted octanol–water partition coefficient (Wildman–Crippen LogP) is 4.36. The average Bonchev–Trinajstić information content (AvgIpc) is 3.31. The Kier molecular flexibility index (Phi) is 4.43. The molecule has 7 nitrogen and oxygen atoms in total. The van der Waals surface area contributed by atoms with Gasteiger partial charge in [0, 0.05) is 16.8 Å². The predicted molar refractivity (Wildman–Crippen MR) is 103 cm³/mol. The molecule has 0 saturated carbocycles. The molecular weight excluding hydrogens is 342 g/mol. The molecule has 1 aliphatic rings. The van der Waals surface area contributed by atoms with Crippen molar-refractivity contribution in [3.05, 3.63) is 46.5 Å². The quantitative estimate of drug-likeness (QED) is 0.622. The second-order valence-corrected chi connectivity index (χ2v) is 7.23. The molecule has 27 heavy (non-hydrogen) atoms. The maximum absolute atomic E-state index is 10.1. The molecule has 1 heterocycles. The van der Waals surface area contributed by atoms with Crippen LogP contribution in [0, 0.1) is 6.92 Å². The molecule has 1 aliphatic carbocycles. The maximum Gasteiger partial charge on any atom is 0.244 e. The Bertz CT molecular complexity index is 967. The molecule has 1 aromatic heterocycles. The minimum Gasteiger partial charge on any atom is -0.508 e. The number of fused-ring (bicyclic) bond motifs is 1. The van der Waals surface area contributed by atoms with Gasteiger partial charge in [0.1, 0.15) is 17.2 Å². The molecular formula is C20H23N5O2. The fraction of sp³-hybridized carbons (Fsp3) is 0.350. The monoisotopic (exact) mass is 365 g/mol. The van der Waals surface area contributed by atoms with Gasteiger partial charge in [-0.1, -0.05) is 18.9 Å². The summed E-state index contributed by atoms with van der Waals surface area (Å²) in [5.41, 5.74) is 5.42. The van der Waals surface area contributed by atoms with E-state index < -0.39 is 0 Å². The van der Waals surface area contributed by atoms with E-state index >= 15 is 0 Å². The molecule has 0 fully saturated rings. The fourth-order valence-electron chi connectivity index (χ4n) is 3.67. The minimum absolute atomic E-state index is 0.224. The number of hydrogen-bond donors (Lipinski definition) is 3. The normalized spacial score (nSPS) is 13.0. The largest absolute Gasteiger partial charge is 0.508 e. The van der Waals surface area contributed by atoms with E-state index in [1.807, 2.05) is 19.1 Å². The Labute approximate surface area is 157 Å². The number of aryl methyl sites for hydroxylation is 1. The van der Waals surface area contributed by atoms with Gasteiger partial charge in [0.15, 0.2) is 0 Å². The number of benzene rings is 2. The fourth-order valence-corrected chi connectivity index (χ4v) is 3.67. The molecule has 0 spiro atoms. The Morgan fingerprint density at radius 3 is 2.74 bits per heavy atom. The van der Waals surface area contributed by atoms with Gasteiger partial charge in [-0.15, -0.1) is 0 Å². The molecule has 3 aromatic rings. The number of phenols is 1. The summed E-state index contributed by atoms with van der Waals surface area (Å²) in [6.45, 7) is 6.16. The molecule has 7 heteroatoms. The molecule has 2 aromatic carbocycles. The minimum atomic E-state index is 0.224. The highest BCUT2D eigenvalue weighted by atomic mass is 16.5. The summed E-state index contributed by atoms with van der Waals surface area (Å²) in [5, 5.41) is 27.2. The zero-order valence-corrected chi connectivity index (χ0v) is 15.7. The Morgan fingerprint density at radius 1 is 1.19 bits per heavy atom. The van der Waals surface area contributed by atoms with Crippen LogP contribution in [-0.2, 0) is 12.8 Å². The number of nitrogens with zero attached hydrogens (tertiary/aromatic N) is 3. The summed E-state index contributed by atoms with van der Waals surface area (Å²) < 4.78 is 6.30. The van der Waals surface area contributed by atoms with Crippen LogP contribution in [0.4, 0.5) is 11.6 Å². The van der Waals surface area contributed by atoms with Crippen molar-refractivity contribution in [2.45, 2.75) is 46.0 Å². The van der Waals surface area contributed by atoms with Gasteiger partial charge in [-0.3, -0.25) is 0 Å². The van der Waals surface area contributed by atoms with Gasteiger partial charge >= 0.3 is 0 Å². The van der Waals surface area contributed by atoms with Crippen molar-refractivity contribution in [1.82, 2.24) is 20.6 Å². The number of aromatic amines is 1. The van der Waals surface area contributed by atoms with E-state index in [-0.39, 0.29) is 5.92 Å². The molecule has 3 N–H and O–H groups in total. The molecule has 0 bridgehead atoms. The van der Waals surface area contributed by atoms with Crippen molar-refractivity contribution in [3.8, 4) is 17.2 Å². The summed E-state index contributed by atoms with van der Waals surface area (Å²) in [6, 6.07) is 7.51. The molecule has 0 unspecified atom stereocenters. The van der Waals surface area contributed by atoms with Gasteiger partial charge in [-0.2, -0.15) is 0 Å². The number of hydrogen-bond acceptors (Lipinski definition) is 6. The third-order valence-electron chi connectivity index (χ3n) is 4.98. The molecule has 0 amide bonds. The Balaban J connectivity index is 1.70. The van der Waals surface area contributed by atoms with Crippen LogP contribution in [0.1, 0.15) is 48.4 Å². The third kappa shape index (κ3) is 3.32. The molecule has 0 atom stereocenters. The Hall–Kier alpha value is -3.09. The first-order chi connectivity index (χ1) is 13.0. The lowest BCUT2D eigenvalue weighted by Gasteiger charge is -2.18. The maximum atomic E-state index is 10.1. The first kappa shape index (κ1) is 17.3. The topological polar surface area (TPSA) is 96.0 Å². The third-order valence-corrected chi connectivity index (χ3v) is 4.98. The van der Waals surface area contributed by atoms with Crippen LogP contribution >= 0.6 is 0 Å². The molecule has 0 saturated heterocycles. The first-order valence-corrected chi connectivity index (χ1v) is 9.19. The van der Waals surface area contributed by atoms with Gasteiger partial charge < -0.3 is 15.2 Å². The van der Waals surface area contributed by atoms with Gasteiger partial charge in [0.2, 0.25) is 5.95 Å². The number of phenolic OH excluding ortho intramolecular Hbond substituents is 1. The van der Waals surface area contributed by atoms with Crippen molar-refractivity contribution < 1.29 is 9.84 Å². The standard InChI is InChI=1S/C20H23N5O2/c1-11(2)16-10-13(7-8-18(16)26)27-19-12(3)9-17(14-5-4-6-15(14)19)21-20-22-24-25-23-20/h7-11,26H,4-6H2,1-3H3,(H2,21,22,23,24,25). The van der Waals surface area contributed by atoms with Gasteiger partial charge in [0.05, 0.1) is 0 Å². The number of aromatic hydroxyl groups is 1. The van der Waals surface area contributed by atoms with E-state index in [0.717, 1.165) is 47.6 Å². The number of aromatic nitrogens is 4. The van der Waals surface area contributed by atoms with Crippen LogP contribution < -0.4 is 10.1 Å². The highest BCUT2D eigenvalue weighted by Crippen LogP contribution is 2.42. The van der Waals surface area contributed by atoms with Crippen LogP contribution in [0.25, 0.3) is 0 Å². The van der Waals surface area contributed by atoms with Crippen molar-refractivity contribution in [2.24, 2.45) is 0 Å². The number of H-pyrrole nitrogens is 1. The molecule has 0 aliphatic heterocycles. The van der Waals surface area contributed by atoms with Crippen molar-refractivity contribution in [3.63, 3.8) is 0 Å². The Morgan fingerprint density at radius 2 is 2.00 bits per heavy atom. The lowest BCUT2D eigenvalue weighted by Crippen LogP contribution is -2.01. The zero-order chi connectivity index (χ0) is 19.0. The summed E-state index contributed by atoms with van der Waals surface area (Å²) >= 11 is 0. The highest BCUT2D eigenvalue weighted by molar-refractivity contribution is 5.67. The van der Waals surface area contributed by atoms with Crippen molar-refractivity contribution >= 4 is 11.6 Å². The molecule has 140 valence electrons. The van der Waals surface area contributed by atoms with E-state index in [2.05, 4.69) is 45.9 Å². The van der Waals surface area contributed by atoms with Crippen LogP contribution in [-0.4, -0.2) is 25.7 Å². The van der Waals surface area contributed by atoms with E-state index in [0.29, 0.717) is 11.7 Å². The summed E-state index contributed by atoms with van der Waals surface area (Å²) in [5.74, 6) is 2.71. The van der Waals surface area contributed by atoms with E-state index in [1.54, 1.807) is 6.07 Å². The molecule has 4 rings (SSSR count). The summed E-state index contributed by atoms with van der Waals surface area (Å²) in [4.78, 5) is 0. The van der Waals surface area contributed by atoms with Crippen LogP contribution in [0.2, 0.25) is 0 Å². The first-order valence-electron chi connectivity index (χ1n) is 9.19. The van der Waals surface area contributed by atoms with Crippen molar-refractivity contribution in [1.29, 1.82) is 0 Å². The second-order valence-electron chi connectivity index (χ2n) is 7.23. The SMILES string of the molecule is Cc1cc(Nc2nnn[nH]2)c2c(c1Oc1ccc(O)c(C(C)C)c1)CCC2. The number of tetrazole rings is 1. The number of nitrogens with one attached hydrogen (secondary N) is 2. The summed E-state index contributed by atoms with van der Waals surface area (Å²) in [7, 11) is 0. The van der Waals surface area contributed by atoms with Crippen LogP contribution in [0.3, 0.4) is 0 Å². The van der Waals surface area contributed by atoms with E-state index in [9.17, 15) is 5.11 Å². The zero-order valence-electron chi connectivity index (χ0n) is 15.7. The lowest BCUT2D eigenvalue weighted by molar-refractivity contribution is 0.452. The van der Waals surface area contributed by atoms with Gasteiger partial charge in [-0.25, -0.2) is 5.10 Å². The summed E-state index contributed by atoms with van der Waals surface area (Å²) in [6.07, 6.45) is 3.05. The average molecular weight is 365 g/mol. The molecule has 0 radical (unpaired) electrons. The van der Waals surface area contributed by atoms with Gasteiger partial charge in [-0.05, 0) is 77.9 Å². The van der Waals surface area contributed by atoms with Crippen molar-refractivity contribution in [2.75, 3.05) is 5.32 Å². The number of anilines is 2. The van der Waals surface area contributed by atoms with Gasteiger partial charge in [0.25, 0.3) is 0 Å². The van der Waals surface area contributed by atoms with E-state index in [1.165, 1.54) is 11.1 Å². The highest BCUT2D eigenvalue weighted by Gasteiger charge is 2.23. The van der Waals surface area contributed by atoms with E-state index in [4.69, 9.17) is 4.74 Å². The van der Waals surface area contributed by atoms with Crippen LogP contribution in [0.15, 0.2) is 24.3 Å². The number of rotatable bonds is 5.